The molecule has 26 heavy (non-hydrogen) atoms. The predicted molar refractivity (Wildman–Crippen MR) is 102 cm³/mol. The molecule has 0 aliphatic rings. The highest BCUT2D eigenvalue weighted by Crippen LogP contribution is 2.26. The molecule has 0 atom stereocenters. The molecule has 2 aromatic heterocycles. The molecule has 2 heterocycles. The first kappa shape index (κ1) is 16.3. The summed E-state index contributed by atoms with van der Waals surface area (Å²) in [6.07, 6.45) is 1.75. The minimum atomic E-state index is -0.144. The molecule has 2 aromatic carbocycles. The highest BCUT2D eigenvalue weighted by molar-refractivity contribution is 5.88. The van der Waals surface area contributed by atoms with Gasteiger partial charge in [-0.05, 0) is 43.7 Å². The zero-order chi connectivity index (χ0) is 18.3. The van der Waals surface area contributed by atoms with E-state index in [2.05, 4.69) is 9.67 Å². The van der Waals surface area contributed by atoms with Crippen LogP contribution >= 0.6 is 0 Å². The van der Waals surface area contributed by atoms with Crippen molar-refractivity contribution in [2.24, 2.45) is 0 Å². The van der Waals surface area contributed by atoms with Gasteiger partial charge in [-0.2, -0.15) is 9.78 Å². The lowest BCUT2D eigenvalue weighted by atomic mass is 10.2. The molecule has 1 N–H and O–H groups in total. The van der Waals surface area contributed by atoms with Crippen molar-refractivity contribution in [2.75, 3.05) is 0 Å². The minimum Gasteiger partial charge on any atom is -0.392 e. The van der Waals surface area contributed by atoms with Crippen LogP contribution < -0.4 is 5.56 Å². The molecule has 0 amide bonds. The molecule has 0 spiro atoms. The number of hydrogen-bond acceptors (Lipinski definition) is 3. The topological polar surface area (TPSA) is 60.0 Å². The Labute approximate surface area is 150 Å². The van der Waals surface area contributed by atoms with Gasteiger partial charge in [-0.25, -0.2) is 0 Å². The van der Waals surface area contributed by atoms with Crippen molar-refractivity contribution in [2.45, 2.75) is 20.5 Å². The van der Waals surface area contributed by atoms with E-state index in [0.717, 1.165) is 28.0 Å². The summed E-state index contributed by atoms with van der Waals surface area (Å²) in [5.41, 5.74) is 4.25. The average Bonchev–Trinajstić information content (AvgIpc) is 2.94. The van der Waals surface area contributed by atoms with Gasteiger partial charge in [0.1, 0.15) is 0 Å². The van der Waals surface area contributed by atoms with Crippen molar-refractivity contribution < 1.29 is 5.11 Å². The molecular weight excluding hydrogens is 326 g/mol. The SMILES string of the molecule is Cc1c2cnn(-c3ccc(CO)cc3)c(=O)c2c(C)n1-c1ccccc1. The van der Waals surface area contributed by atoms with Crippen LogP contribution in [0.5, 0.6) is 0 Å². The van der Waals surface area contributed by atoms with Gasteiger partial charge in [0.25, 0.3) is 5.56 Å². The van der Waals surface area contributed by atoms with Crippen LogP contribution in [0.2, 0.25) is 0 Å². The van der Waals surface area contributed by atoms with Crippen LogP contribution in [-0.2, 0) is 6.61 Å². The van der Waals surface area contributed by atoms with Crippen molar-refractivity contribution in [3.05, 3.63) is 88.1 Å². The van der Waals surface area contributed by atoms with E-state index in [1.54, 1.807) is 30.5 Å². The summed E-state index contributed by atoms with van der Waals surface area (Å²) in [5, 5.41) is 15.1. The van der Waals surface area contributed by atoms with E-state index < -0.39 is 0 Å². The van der Waals surface area contributed by atoms with E-state index in [4.69, 9.17) is 0 Å². The molecule has 0 radical (unpaired) electrons. The quantitative estimate of drug-likeness (QED) is 0.620. The van der Waals surface area contributed by atoms with Crippen molar-refractivity contribution in [1.29, 1.82) is 0 Å². The summed E-state index contributed by atoms with van der Waals surface area (Å²) >= 11 is 0. The van der Waals surface area contributed by atoms with E-state index in [0.29, 0.717) is 11.1 Å². The molecule has 0 unspecified atom stereocenters. The van der Waals surface area contributed by atoms with Crippen molar-refractivity contribution in [3.8, 4) is 11.4 Å². The number of fused-ring (bicyclic) bond motifs is 1. The fourth-order valence-electron chi connectivity index (χ4n) is 3.45. The number of rotatable bonds is 3. The maximum absolute atomic E-state index is 13.1. The molecule has 0 saturated heterocycles. The summed E-state index contributed by atoms with van der Waals surface area (Å²) in [5.74, 6) is 0. The molecule has 4 aromatic rings. The number of benzene rings is 2. The number of aliphatic hydroxyl groups excluding tert-OH is 1. The Morgan fingerprint density at radius 1 is 0.923 bits per heavy atom. The summed E-state index contributed by atoms with van der Waals surface area (Å²) in [7, 11) is 0. The van der Waals surface area contributed by atoms with Gasteiger partial charge in [-0.3, -0.25) is 4.79 Å². The lowest BCUT2D eigenvalue weighted by Crippen LogP contribution is -2.21. The van der Waals surface area contributed by atoms with Crippen LogP contribution in [-0.4, -0.2) is 19.5 Å². The molecule has 0 aliphatic carbocycles. The monoisotopic (exact) mass is 345 g/mol. The number of hydrogen-bond donors (Lipinski definition) is 1. The third-order valence-corrected chi connectivity index (χ3v) is 4.78. The van der Waals surface area contributed by atoms with E-state index in [1.165, 1.54) is 4.68 Å². The van der Waals surface area contributed by atoms with E-state index >= 15 is 0 Å². The van der Waals surface area contributed by atoms with Crippen LogP contribution in [0.15, 0.2) is 65.6 Å². The van der Waals surface area contributed by atoms with E-state index in [-0.39, 0.29) is 12.2 Å². The number of aromatic nitrogens is 3. The van der Waals surface area contributed by atoms with Gasteiger partial charge in [0.15, 0.2) is 0 Å². The molecule has 130 valence electrons. The van der Waals surface area contributed by atoms with Gasteiger partial charge in [-0.15, -0.1) is 0 Å². The van der Waals surface area contributed by atoms with Crippen molar-refractivity contribution >= 4 is 10.8 Å². The van der Waals surface area contributed by atoms with E-state index in [9.17, 15) is 9.90 Å². The van der Waals surface area contributed by atoms with Gasteiger partial charge in [0.2, 0.25) is 0 Å². The number of aryl methyl sites for hydroxylation is 2. The Morgan fingerprint density at radius 3 is 2.27 bits per heavy atom. The number of para-hydroxylation sites is 1. The van der Waals surface area contributed by atoms with Gasteiger partial charge in [0, 0.05) is 22.5 Å². The average molecular weight is 345 g/mol. The molecule has 0 fully saturated rings. The molecule has 0 bridgehead atoms. The standard InChI is InChI=1S/C21H19N3O2/c1-14-19-12-22-24(18-10-8-16(13-25)9-11-18)21(26)20(19)15(2)23(14)17-6-4-3-5-7-17/h3-12,25H,13H2,1-2H3. The first-order valence-corrected chi connectivity index (χ1v) is 8.47. The second-order valence-electron chi connectivity index (χ2n) is 6.32. The Morgan fingerprint density at radius 2 is 1.62 bits per heavy atom. The van der Waals surface area contributed by atoms with Crippen LogP contribution in [0.3, 0.4) is 0 Å². The Bertz CT molecular complexity index is 1140. The second kappa shape index (κ2) is 6.28. The summed E-state index contributed by atoms with van der Waals surface area (Å²) in [6.45, 7) is 3.94. The summed E-state index contributed by atoms with van der Waals surface area (Å²) < 4.78 is 3.50. The minimum absolute atomic E-state index is 0.0279. The predicted octanol–water partition coefficient (Wildman–Crippen LogP) is 3.29. The zero-order valence-corrected chi connectivity index (χ0v) is 14.7. The van der Waals surface area contributed by atoms with Gasteiger partial charge >= 0.3 is 0 Å². The Kier molecular flexibility index (Phi) is 3.93. The molecule has 0 saturated carbocycles. The largest absolute Gasteiger partial charge is 0.392 e. The van der Waals surface area contributed by atoms with Crippen LogP contribution in [0, 0.1) is 13.8 Å². The fraction of sp³-hybridized carbons (Fsp3) is 0.143. The maximum Gasteiger partial charge on any atom is 0.281 e. The van der Waals surface area contributed by atoms with Gasteiger partial charge < -0.3 is 9.67 Å². The van der Waals surface area contributed by atoms with Crippen molar-refractivity contribution in [1.82, 2.24) is 14.3 Å². The van der Waals surface area contributed by atoms with Crippen molar-refractivity contribution in [3.63, 3.8) is 0 Å². The molecular formula is C21H19N3O2. The molecule has 5 heteroatoms. The summed E-state index contributed by atoms with van der Waals surface area (Å²) in [6, 6.07) is 17.2. The lowest BCUT2D eigenvalue weighted by Gasteiger charge is -2.08. The Balaban J connectivity index is 1.96. The van der Waals surface area contributed by atoms with Crippen LogP contribution in [0.25, 0.3) is 22.1 Å². The molecule has 4 rings (SSSR count). The maximum atomic E-state index is 13.1. The lowest BCUT2D eigenvalue weighted by molar-refractivity contribution is 0.282. The van der Waals surface area contributed by atoms with Crippen LogP contribution in [0.1, 0.15) is 17.0 Å². The molecule has 0 aliphatic heterocycles. The molecule has 5 nitrogen and oxygen atoms in total. The Hall–Kier alpha value is -3.18. The normalized spacial score (nSPS) is 11.2. The number of aliphatic hydroxyl groups is 1. The first-order chi connectivity index (χ1) is 12.6. The smallest absolute Gasteiger partial charge is 0.281 e. The summed E-state index contributed by atoms with van der Waals surface area (Å²) in [4.78, 5) is 13.1. The zero-order valence-electron chi connectivity index (χ0n) is 14.7. The highest BCUT2D eigenvalue weighted by Gasteiger charge is 2.17. The first-order valence-electron chi connectivity index (χ1n) is 8.47. The number of nitrogens with zero attached hydrogens (tertiary/aromatic N) is 3. The van der Waals surface area contributed by atoms with Crippen LogP contribution in [0.4, 0.5) is 0 Å². The fourth-order valence-corrected chi connectivity index (χ4v) is 3.45. The third-order valence-electron chi connectivity index (χ3n) is 4.78. The van der Waals surface area contributed by atoms with Gasteiger partial charge in [-0.1, -0.05) is 30.3 Å². The third kappa shape index (κ3) is 2.45. The van der Waals surface area contributed by atoms with Gasteiger partial charge in [0.05, 0.1) is 23.9 Å². The second-order valence-corrected chi connectivity index (χ2v) is 6.32. The van der Waals surface area contributed by atoms with E-state index in [1.807, 2.05) is 44.2 Å². The highest BCUT2D eigenvalue weighted by atomic mass is 16.3.